The van der Waals surface area contributed by atoms with Gasteiger partial charge in [-0.1, -0.05) is 47.6 Å². The maximum Gasteiger partial charge on any atom is 0.316 e. The molecule has 4 aromatic rings. The van der Waals surface area contributed by atoms with Crippen molar-refractivity contribution in [3.05, 3.63) is 78.8 Å². The van der Waals surface area contributed by atoms with Crippen LogP contribution in [0.3, 0.4) is 0 Å². The standard InChI is InChI=1S/C22H20N4O4S/c1-16-20(21(26-30-16)18-6-3-2-4-7-18)17-8-10-19(11-9-17)31(27,28)25-14-15-29-22-23-12-5-13-24-22/h2-13,25H,14-15H2,1H3. The number of benzene rings is 2. The smallest absolute Gasteiger partial charge is 0.316 e. The Bertz CT molecular complexity index is 1240. The molecule has 158 valence electrons. The fraction of sp³-hybridized carbons (Fsp3) is 0.136. The van der Waals surface area contributed by atoms with E-state index in [1.165, 1.54) is 0 Å². The van der Waals surface area contributed by atoms with Gasteiger partial charge in [0.1, 0.15) is 18.1 Å². The van der Waals surface area contributed by atoms with E-state index in [-0.39, 0.29) is 24.1 Å². The van der Waals surface area contributed by atoms with Crippen LogP contribution in [-0.2, 0) is 10.0 Å². The molecule has 0 bridgehead atoms. The summed E-state index contributed by atoms with van der Waals surface area (Å²) < 4.78 is 38.4. The summed E-state index contributed by atoms with van der Waals surface area (Å²) in [5.74, 6) is 0.660. The number of aromatic nitrogens is 3. The van der Waals surface area contributed by atoms with Crippen molar-refractivity contribution in [3.8, 4) is 28.4 Å². The number of nitrogens with one attached hydrogen (secondary N) is 1. The number of hydrogen-bond acceptors (Lipinski definition) is 7. The van der Waals surface area contributed by atoms with Crippen LogP contribution in [0.4, 0.5) is 0 Å². The number of ether oxygens (including phenoxy) is 1. The van der Waals surface area contributed by atoms with Gasteiger partial charge in [-0.05, 0) is 30.7 Å². The van der Waals surface area contributed by atoms with Crippen LogP contribution in [0.1, 0.15) is 5.76 Å². The molecule has 0 aliphatic heterocycles. The highest BCUT2D eigenvalue weighted by molar-refractivity contribution is 7.89. The predicted molar refractivity (Wildman–Crippen MR) is 115 cm³/mol. The van der Waals surface area contributed by atoms with E-state index >= 15 is 0 Å². The number of hydrogen-bond donors (Lipinski definition) is 1. The number of aryl methyl sites for hydroxylation is 1. The molecule has 0 atom stereocenters. The van der Waals surface area contributed by atoms with Gasteiger partial charge in [0.05, 0.1) is 10.5 Å². The van der Waals surface area contributed by atoms with E-state index in [1.807, 2.05) is 37.3 Å². The fourth-order valence-corrected chi connectivity index (χ4v) is 4.08. The lowest BCUT2D eigenvalue weighted by Gasteiger charge is -2.09. The lowest BCUT2D eigenvalue weighted by atomic mass is 10.00. The Morgan fingerprint density at radius 1 is 0.935 bits per heavy atom. The van der Waals surface area contributed by atoms with Gasteiger partial charge in [0.2, 0.25) is 10.0 Å². The van der Waals surface area contributed by atoms with E-state index in [0.29, 0.717) is 11.5 Å². The molecule has 8 nitrogen and oxygen atoms in total. The molecule has 0 amide bonds. The Labute approximate surface area is 180 Å². The summed E-state index contributed by atoms with van der Waals surface area (Å²) in [7, 11) is -3.68. The third-order valence-electron chi connectivity index (χ3n) is 4.53. The van der Waals surface area contributed by atoms with Gasteiger partial charge in [0, 0.05) is 24.5 Å². The van der Waals surface area contributed by atoms with Gasteiger partial charge in [-0.2, -0.15) is 0 Å². The molecule has 1 N–H and O–H groups in total. The number of rotatable bonds is 8. The van der Waals surface area contributed by atoms with Gasteiger partial charge < -0.3 is 9.26 Å². The largest absolute Gasteiger partial charge is 0.462 e. The van der Waals surface area contributed by atoms with Gasteiger partial charge in [0.15, 0.2) is 0 Å². The summed E-state index contributed by atoms with van der Waals surface area (Å²) in [4.78, 5) is 7.99. The lowest BCUT2D eigenvalue weighted by molar-refractivity contribution is 0.297. The molecule has 9 heteroatoms. The first-order valence-electron chi connectivity index (χ1n) is 9.56. The molecule has 31 heavy (non-hydrogen) atoms. The molecule has 2 aromatic heterocycles. The quantitative estimate of drug-likeness (QED) is 0.422. The van der Waals surface area contributed by atoms with Crippen molar-refractivity contribution in [2.45, 2.75) is 11.8 Å². The van der Waals surface area contributed by atoms with E-state index in [9.17, 15) is 8.42 Å². The highest BCUT2D eigenvalue weighted by Gasteiger charge is 2.18. The SMILES string of the molecule is Cc1onc(-c2ccccc2)c1-c1ccc(S(=O)(=O)NCCOc2ncccn2)cc1. The van der Waals surface area contributed by atoms with Crippen LogP contribution in [0.2, 0.25) is 0 Å². The number of sulfonamides is 1. The van der Waals surface area contributed by atoms with Crippen LogP contribution in [-0.4, -0.2) is 36.7 Å². The Morgan fingerprint density at radius 3 is 2.35 bits per heavy atom. The minimum atomic E-state index is -3.68. The summed E-state index contributed by atoms with van der Waals surface area (Å²) in [5, 5.41) is 4.18. The summed E-state index contributed by atoms with van der Waals surface area (Å²) >= 11 is 0. The van der Waals surface area contributed by atoms with Crippen molar-refractivity contribution in [2.75, 3.05) is 13.2 Å². The van der Waals surface area contributed by atoms with Crippen LogP contribution < -0.4 is 9.46 Å². The first-order chi connectivity index (χ1) is 15.0. The minimum Gasteiger partial charge on any atom is -0.462 e. The molecule has 0 fully saturated rings. The summed E-state index contributed by atoms with van der Waals surface area (Å²) in [5.41, 5.74) is 3.29. The Hall–Kier alpha value is -3.56. The van der Waals surface area contributed by atoms with Crippen molar-refractivity contribution in [1.82, 2.24) is 19.8 Å². The zero-order valence-corrected chi connectivity index (χ0v) is 17.5. The summed E-state index contributed by atoms with van der Waals surface area (Å²) in [6.45, 7) is 2.03. The molecular formula is C22H20N4O4S. The highest BCUT2D eigenvalue weighted by Crippen LogP contribution is 2.34. The van der Waals surface area contributed by atoms with Crippen LogP contribution >= 0.6 is 0 Å². The second-order valence-electron chi connectivity index (χ2n) is 6.63. The molecule has 0 unspecified atom stereocenters. The second kappa shape index (κ2) is 9.07. The van der Waals surface area contributed by atoms with Gasteiger partial charge in [-0.3, -0.25) is 0 Å². The highest BCUT2D eigenvalue weighted by atomic mass is 32.2. The third-order valence-corrected chi connectivity index (χ3v) is 6.01. The molecular weight excluding hydrogens is 416 g/mol. The van der Waals surface area contributed by atoms with Crippen molar-refractivity contribution < 1.29 is 17.7 Å². The fourth-order valence-electron chi connectivity index (χ4n) is 3.07. The molecule has 0 radical (unpaired) electrons. The maximum atomic E-state index is 12.6. The Balaban J connectivity index is 1.46. The first kappa shape index (κ1) is 20.7. The van der Waals surface area contributed by atoms with Crippen molar-refractivity contribution in [1.29, 1.82) is 0 Å². The van der Waals surface area contributed by atoms with Crippen LogP contribution in [0.5, 0.6) is 6.01 Å². The second-order valence-corrected chi connectivity index (χ2v) is 8.40. The molecule has 0 aliphatic carbocycles. The van der Waals surface area contributed by atoms with E-state index in [4.69, 9.17) is 9.26 Å². The van der Waals surface area contributed by atoms with E-state index in [2.05, 4.69) is 19.8 Å². The van der Waals surface area contributed by atoms with Crippen LogP contribution in [0.25, 0.3) is 22.4 Å². The maximum absolute atomic E-state index is 12.6. The topological polar surface area (TPSA) is 107 Å². The minimum absolute atomic E-state index is 0.0885. The molecule has 2 heterocycles. The molecule has 0 aliphatic rings. The van der Waals surface area contributed by atoms with Crippen LogP contribution in [0, 0.1) is 6.92 Å². The summed E-state index contributed by atoms with van der Waals surface area (Å²) in [6, 6.07) is 18.2. The van der Waals surface area contributed by atoms with Crippen molar-refractivity contribution >= 4 is 10.0 Å². The molecule has 0 spiro atoms. The monoisotopic (exact) mass is 436 g/mol. The van der Waals surface area contributed by atoms with Crippen molar-refractivity contribution in [3.63, 3.8) is 0 Å². The summed E-state index contributed by atoms with van der Waals surface area (Å²) in [6.07, 6.45) is 3.10. The third kappa shape index (κ3) is 4.79. The van der Waals surface area contributed by atoms with E-state index in [0.717, 1.165) is 16.7 Å². The van der Waals surface area contributed by atoms with Gasteiger partial charge >= 0.3 is 6.01 Å². The van der Waals surface area contributed by atoms with E-state index in [1.54, 1.807) is 42.7 Å². The Morgan fingerprint density at radius 2 is 1.65 bits per heavy atom. The average molecular weight is 436 g/mol. The molecule has 4 rings (SSSR count). The molecule has 0 saturated heterocycles. The van der Waals surface area contributed by atoms with E-state index < -0.39 is 10.0 Å². The van der Waals surface area contributed by atoms with Crippen LogP contribution in [0.15, 0.2) is 82.5 Å². The average Bonchev–Trinajstić information content (AvgIpc) is 3.19. The zero-order valence-electron chi connectivity index (χ0n) is 16.7. The van der Waals surface area contributed by atoms with Gasteiger partial charge in [-0.25, -0.2) is 23.1 Å². The molecule has 0 saturated carbocycles. The predicted octanol–water partition coefficient (Wildman–Crippen LogP) is 3.46. The normalized spacial score (nSPS) is 11.4. The molecule has 2 aromatic carbocycles. The first-order valence-corrected chi connectivity index (χ1v) is 11.0. The number of nitrogens with zero attached hydrogens (tertiary/aromatic N) is 3. The van der Waals surface area contributed by atoms with Crippen molar-refractivity contribution in [2.24, 2.45) is 0 Å². The lowest BCUT2D eigenvalue weighted by Crippen LogP contribution is -2.28. The Kier molecular flexibility index (Phi) is 6.06. The zero-order chi connectivity index (χ0) is 21.7. The van der Waals surface area contributed by atoms with Gasteiger partial charge in [0.25, 0.3) is 0 Å². The van der Waals surface area contributed by atoms with Gasteiger partial charge in [-0.15, -0.1) is 0 Å².